The summed E-state index contributed by atoms with van der Waals surface area (Å²) in [5.74, 6) is -0.208. The third-order valence-electron chi connectivity index (χ3n) is 3.67. The van der Waals surface area contributed by atoms with Gasteiger partial charge in [0.05, 0.1) is 26.9 Å². The maximum Gasteiger partial charge on any atom is 0.339 e. The first kappa shape index (κ1) is 20.4. The quantitative estimate of drug-likeness (QED) is 0.724. The van der Waals surface area contributed by atoms with E-state index < -0.39 is 18.0 Å². The number of rotatable bonds is 7. The Kier molecular flexibility index (Phi) is 6.90. The fourth-order valence-electron chi connectivity index (χ4n) is 2.26. The fraction of sp³-hybridized carbons (Fsp3) is 0.263. The summed E-state index contributed by atoms with van der Waals surface area (Å²) in [6.07, 6.45) is -1.02. The van der Waals surface area contributed by atoms with Crippen LogP contribution in [0.1, 0.15) is 17.3 Å². The van der Waals surface area contributed by atoms with Gasteiger partial charge in [-0.25, -0.2) is 4.79 Å². The van der Waals surface area contributed by atoms with E-state index >= 15 is 0 Å². The smallest absolute Gasteiger partial charge is 0.339 e. The van der Waals surface area contributed by atoms with E-state index in [1.54, 1.807) is 24.3 Å². The topological polar surface area (TPSA) is 83.1 Å². The molecule has 144 valence electrons. The number of halogens is 1. The van der Waals surface area contributed by atoms with Crippen molar-refractivity contribution in [3.8, 4) is 17.2 Å². The molecule has 0 radical (unpaired) electrons. The van der Waals surface area contributed by atoms with Crippen LogP contribution >= 0.6 is 11.6 Å². The number of anilines is 1. The zero-order chi connectivity index (χ0) is 20.0. The second kappa shape index (κ2) is 9.14. The van der Waals surface area contributed by atoms with E-state index in [-0.39, 0.29) is 5.56 Å². The Balaban J connectivity index is 2.11. The summed E-state index contributed by atoms with van der Waals surface area (Å²) in [6, 6.07) is 9.48. The average Bonchev–Trinajstić information content (AvgIpc) is 2.68. The molecular weight excluding hydrogens is 374 g/mol. The number of carbonyl (C=O) groups excluding carboxylic acids is 2. The van der Waals surface area contributed by atoms with Gasteiger partial charge in [0.15, 0.2) is 17.6 Å². The van der Waals surface area contributed by atoms with Crippen LogP contribution in [0.25, 0.3) is 0 Å². The lowest BCUT2D eigenvalue weighted by atomic mass is 10.2. The molecule has 0 aliphatic heterocycles. The monoisotopic (exact) mass is 393 g/mol. The van der Waals surface area contributed by atoms with Gasteiger partial charge in [0.1, 0.15) is 0 Å². The largest absolute Gasteiger partial charge is 0.493 e. The Bertz CT molecular complexity index is 796. The third-order valence-corrected chi connectivity index (χ3v) is 3.92. The predicted octanol–water partition coefficient (Wildman–Crippen LogP) is 3.55. The molecule has 0 aromatic heterocycles. The summed E-state index contributed by atoms with van der Waals surface area (Å²) in [7, 11) is 4.34. The van der Waals surface area contributed by atoms with Gasteiger partial charge in [0, 0.05) is 10.7 Å². The fourth-order valence-corrected chi connectivity index (χ4v) is 2.38. The summed E-state index contributed by atoms with van der Waals surface area (Å²) >= 11 is 5.81. The second-order valence-corrected chi connectivity index (χ2v) is 5.89. The van der Waals surface area contributed by atoms with E-state index in [1.807, 2.05) is 0 Å². The maximum atomic E-state index is 12.4. The summed E-state index contributed by atoms with van der Waals surface area (Å²) in [4.78, 5) is 24.6. The highest BCUT2D eigenvalue weighted by atomic mass is 35.5. The molecule has 0 spiro atoms. The minimum Gasteiger partial charge on any atom is -0.493 e. The van der Waals surface area contributed by atoms with Gasteiger partial charge in [0.25, 0.3) is 5.91 Å². The molecule has 0 bridgehead atoms. The Morgan fingerprint density at radius 3 is 2.00 bits per heavy atom. The molecule has 0 unspecified atom stereocenters. The molecule has 0 aliphatic rings. The maximum absolute atomic E-state index is 12.4. The first-order chi connectivity index (χ1) is 12.9. The van der Waals surface area contributed by atoms with Crippen molar-refractivity contribution >= 4 is 29.2 Å². The van der Waals surface area contributed by atoms with Gasteiger partial charge in [-0.1, -0.05) is 11.6 Å². The summed E-state index contributed by atoms with van der Waals surface area (Å²) in [5, 5.41) is 3.20. The minimum absolute atomic E-state index is 0.163. The number of nitrogens with one attached hydrogen (secondary N) is 1. The number of esters is 1. The van der Waals surface area contributed by atoms with Crippen LogP contribution in [-0.2, 0) is 9.53 Å². The number of hydrogen-bond acceptors (Lipinski definition) is 6. The first-order valence-corrected chi connectivity index (χ1v) is 8.34. The van der Waals surface area contributed by atoms with Crippen LogP contribution in [0.3, 0.4) is 0 Å². The lowest BCUT2D eigenvalue weighted by Crippen LogP contribution is -2.30. The van der Waals surface area contributed by atoms with Gasteiger partial charge in [-0.2, -0.15) is 0 Å². The van der Waals surface area contributed by atoms with Crippen molar-refractivity contribution < 1.29 is 28.5 Å². The molecule has 2 aromatic carbocycles. The average molecular weight is 394 g/mol. The van der Waals surface area contributed by atoms with Gasteiger partial charge in [-0.05, 0) is 43.3 Å². The van der Waals surface area contributed by atoms with Crippen LogP contribution in [0.15, 0.2) is 36.4 Å². The van der Waals surface area contributed by atoms with E-state index in [0.29, 0.717) is 28.0 Å². The standard InChI is InChI=1S/C19H20ClNO6/c1-11(18(22)21-14-7-5-13(20)6-8-14)27-19(23)12-9-15(24-2)17(26-4)16(10-12)25-3/h5-11H,1-4H3,(H,21,22)/t11-/m0/s1. The molecule has 27 heavy (non-hydrogen) atoms. The Hall–Kier alpha value is -2.93. The molecule has 1 amide bonds. The number of ether oxygens (including phenoxy) is 4. The van der Waals surface area contributed by atoms with E-state index in [4.69, 9.17) is 30.5 Å². The van der Waals surface area contributed by atoms with Crippen molar-refractivity contribution in [3.05, 3.63) is 47.0 Å². The van der Waals surface area contributed by atoms with Crippen molar-refractivity contribution in [2.24, 2.45) is 0 Å². The molecule has 2 aromatic rings. The van der Waals surface area contributed by atoms with E-state index in [9.17, 15) is 9.59 Å². The lowest BCUT2D eigenvalue weighted by molar-refractivity contribution is -0.123. The zero-order valence-corrected chi connectivity index (χ0v) is 16.1. The highest BCUT2D eigenvalue weighted by molar-refractivity contribution is 6.30. The van der Waals surface area contributed by atoms with Crippen LogP contribution in [0, 0.1) is 0 Å². The highest BCUT2D eigenvalue weighted by Crippen LogP contribution is 2.38. The molecule has 0 saturated heterocycles. The predicted molar refractivity (Wildman–Crippen MR) is 101 cm³/mol. The number of carbonyl (C=O) groups is 2. The van der Waals surface area contributed by atoms with Crippen LogP contribution < -0.4 is 19.5 Å². The summed E-state index contributed by atoms with van der Waals surface area (Å²) < 4.78 is 20.9. The lowest BCUT2D eigenvalue weighted by Gasteiger charge is -2.16. The number of methoxy groups -OCH3 is 3. The van der Waals surface area contributed by atoms with Crippen molar-refractivity contribution in [2.45, 2.75) is 13.0 Å². The summed E-state index contributed by atoms with van der Waals surface area (Å²) in [6.45, 7) is 1.47. The van der Waals surface area contributed by atoms with Crippen LogP contribution in [-0.4, -0.2) is 39.3 Å². The number of amides is 1. The molecular formula is C19H20ClNO6. The molecule has 2 rings (SSSR count). The van der Waals surface area contributed by atoms with E-state index in [0.717, 1.165) is 0 Å². The van der Waals surface area contributed by atoms with Crippen LogP contribution in [0.4, 0.5) is 5.69 Å². The number of hydrogen-bond donors (Lipinski definition) is 1. The Morgan fingerprint density at radius 1 is 0.963 bits per heavy atom. The molecule has 0 saturated carbocycles. The highest BCUT2D eigenvalue weighted by Gasteiger charge is 2.22. The normalized spacial score (nSPS) is 11.3. The molecule has 7 nitrogen and oxygen atoms in total. The van der Waals surface area contributed by atoms with Gasteiger partial charge >= 0.3 is 5.97 Å². The van der Waals surface area contributed by atoms with Gasteiger partial charge < -0.3 is 24.3 Å². The molecule has 0 aliphatic carbocycles. The molecule has 1 atom stereocenters. The van der Waals surface area contributed by atoms with Crippen LogP contribution in [0.5, 0.6) is 17.2 Å². The third kappa shape index (κ3) is 5.04. The van der Waals surface area contributed by atoms with Crippen molar-refractivity contribution in [1.29, 1.82) is 0 Å². The minimum atomic E-state index is -1.02. The van der Waals surface area contributed by atoms with Crippen LogP contribution in [0.2, 0.25) is 5.02 Å². The Morgan fingerprint density at radius 2 is 1.52 bits per heavy atom. The van der Waals surface area contributed by atoms with Crippen molar-refractivity contribution in [2.75, 3.05) is 26.6 Å². The molecule has 8 heteroatoms. The van der Waals surface area contributed by atoms with Crippen molar-refractivity contribution in [3.63, 3.8) is 0 Å². The molecule has 1 N–H and O–H groups in total. The van der Waals surface area contributed by atoms with Gasteiger partial charge in [-0.3, -0.25) is 4.79 Å². The van der Waals surface area contributed by atoms with Gasteiger partial charge in [-0.15, -0.1) is 0 Å². The van der Waals surface area contributed by atoms with Gasteiger partial charge in [0.2, 0.25) is 5.75 Å². The SMILES string of the molecule is COc1cc(C(=O)O[C@@H](C)C(=O)Nc2ccc(Cl)cc2)cc(OC)c1OC. The second-order valence-electron chi connectivity index (χ2n) is 5.46. The Labute approximate surface area is 162 Å². The zero-order valence-electron chi connectivity index (χ0n) is 15.4. The summed E-state index contributed by atoms with van der Waals surface area (Å²) in [5.41, 5.74) is 0.704. The number of benzene rings is 2. The van der Waals surface area contributed by atoms with E-state index in [1.165, 1.54) is 40.4 Å². The first-order valence-electron chi connectivity index (χ1n) is 7.97. The molecule has 0 fully saturated rings. The van der Waals surface area contributed by atoms with Crippen molar-refractivity contribution in [1.82, 2.24) is 0 Å². The molecule has 0 heterocycles. The van der Waals surface area contributed by atoms with E-state index in [2.05, 4.69) is 5.32 Å².